The Balaban J connectivity index is 0.692. The van der Waals surface area contributed by atoms with Crippen LogP contribution in [0.2, 0.25) is 0 Å². The standard InChI is InChI=1S/C92H73BN4O2/c1-62-21-19-20-30-85(62)94(78-48-35-68(36-49-78)72-41-54-89-83(60-72)81-58-70(64-22-11-7-12-23-64)39-52-87(81)96(89)75-26-15-9-16-27-75)77-44-31-66(32-45-77)67-33-46-79(47-34-67)95(86-56-43-74(57-63(86)2)93-98-91(3,4)92(5,6)99-93)80-50-37-69(38-51-80)73-42-55-90-84(61-73)82-59-71(65-24-13-8-14-25-65)40-53-88(82)97(90)76-28-17-10-18-29-76/h7-61H,1-6H3. The van der Waals surface area contributed by atoms with Crippen molar-refractivity contribution in [2.24, 2.45) is 0 Å². The molecule has 0 unspecified atom stereocenters. The van der Waals surface area contributed by atoms with E-state index in [0.717, 1.165) is 84.3 Å². The van der Waals surface area contributed by atoms with Gasteiger partial charge in [-0.05, 0) is 247 Å². The van der Waals surface area contributed by atoms with Crippen LogP contribution >= 0.6 is 0 Å². The van der Waals surface area contributed by atoms with Crippen molar-refractivity contribution >= 4 is 90.3 Å². The number of rotatable bonds is 14. The summed E-state index contributed by atoms with van der Waals surface area (Å²) in [7, 11) is -0.474. The van der Waals surface area contributed by atoms with E-state index in [1.165, 1.54) is 77.0 Å². The zero-order chi connectivity index (χ0) is 66.9. The van der Waals surface area contributed by atoms with Crippen LogP contribution in [0.4, 0.5) is 34.1 Å². The summed E-state index contributed by atoms with van der Waals surface area (Å²) in [6.07, 6.45) is 0. The Kier molecular flexibility index (Phi) is 15.2. The van der Waals surface area contributed by atoms with Crippen LogP contribution in [0.15, 0.2) is 334 Å². The first-order valence-electron chi connectivity index (χ1n) is 34.3. The molecule has 7 heteroatoms. The Hall–Kier alpha value is -11.7. The molecule has 0 bridgehead atoms. The van der Waals surface area contributed by atoms with Gasteiger partial charge in [0.15, 0.2) is 0 Å². The summed E-state index contributed by atoms with van der Waals surface area (Å²) in [5.41, 5.74) is 27.5. The fourth-order valence-electron chi connectivity index (χ4n) is 14.7. The lowest BCUT2D eigenvalue weighted by Gasteiger charge is -2.32. The molecule has 0 N–H and O–H groups in total. The summed E-state index contributed by atoms with van der Waals surface area (Å²) in [6, 6.07) is 122. The minimum Gasteiger partial charge on any atom is -0.399 e. The van der Waals surface area contributed by atoms with Crippen LogP contribution < -0.4 is 15.3 Å². The van der Waals surface area contributed by atoms with Crippen molar-refractivity contribution in [3.63, 3.8) is 0 Å². The minimum atomic E-state index is -0.474. The second-order valence-corrected chi connectivity index (χ2v) is 27.3. The van der Waals surface area contributed by atoms with E-state index in [1.807, 2.05) is 0 Å². The van der Waals surface area contributed by atoms with Crippen LogP contribution in [0, 0.1) is 13.8 Å². The van der Waals surface area contributed by atoms with Gasteiger partial charge in [-0.2, -0.15) is 0 Å². The molecule has 476 valence electrons. The average molecular weight is 1280 g/mol. The monoisotopic (exact) mass is 1280 g/mol. The van der Waals surface area contributed by atoms with E-state index in [2.05, 4.69) is 394 Å². The maximum absolute atomic E-state index is 6.58. The van der Waals surface area contributed by atoms with E-state index < -0.39 is 18.3 Å². The molecule has 2 aromatic heterocycles. The van der Waals surface area contributed by atoms with Crippen molar-refractivity contribution in [2.75, 3.05) is 9.80 Å². The third-order valence-corrected chi connectivity index (χ3v) is 20.6. The number of benzene rings is 14. The van der Waals surface area contributed by atoms with Gasteiger partial charge in [0.05, 0.1) is 33.3 Å². The average Bonchev–Trinajstić information content (AvgIpc) is 1.61. The maximum atomic E-state index is 6.58. The molecule has 17 rings (SSSR count). The first kappa shape index (κ1) is 60.9. The van der Waals surface area contributed by atoms with Gasteiger partial charge in [-0.15, -0.1) is 0 Å². The number of para-hydroxylation sites is 3. The van der Waals surface area contributed by atoms with Gasteiger partial charge < -0.3 is 28.2 Å². The van der Waals surface area contributed by atoms with Crippen LogP contribution in [0.25, 0.3) is 111 Å². The van der Waals surface area contributed by atoms with Crippen molar-refractivity contribution in [3.8, 4) is 67.0 Å². The number of hydrogen-bond acceptors (Lipinski definition) is 4. The van der Waals surface area contributed by atoms with Gasteiger partial charge >= 0.3 is 7.12 Å². The molecule has 0 saturated carbocycles. The molecule has 14 aromatic carbocycles. The Bertz CT molecular complexity index is 5650. The number of aryl methyl sites for hydroxylation is 2. The van der Waals surface area contributed by atoms with Crippen LogP contribution in [0.3, 0.4) is 0 Å². The third-order valence-electron chi connectivity index (χ3n) is 20.6. The summed E-state index contributed by atoms with van der Waals surface area (Å²) >= 11 is 0. The molecular weight excluding hydrogens is 1200 g/mol. The van der Waals surface area contributed by atoms with Crippen molar-refractivity contribution in [1.82, 2.24) is 9.13 Å². The molecule has 0 spiro atoms. The van der Waals surface area contributed by atoms with Crippen molar-refractivity contribution in [2.45, 2.75) is 52.7 Å². The van der Waals surface area contributed by atoms with Crippen LogP contribution in [-0.2, 0) is 9.31 Å². The second-order valence-electron chi connectivity index (χ2n) is 27.3. The van der Waals surface area contributed by atoms with Crippen molar-refractivity contribution in [1.29, 1.82) is 0 Å². The van der Waals surface area contributed by atoms with Crippen molar-refractivity contribution in [3.05, 3.63) is 345 Å². The number of anilines is 6. The molecule has 1 fully saturated rings. The van der Waals surface area contributed by atoms with Crippen LogP contribution in [0.5, 0.6) is 0 Å². The zero-order valence-electron chi connectivity index (χ0n) is 56.4. The highest BCUT2D eigenvalue weighted by Crippen LogP contribution is 2.45. The van der Waals surface area contributed by atoms with E-state index in [-0.39, 0.29) is 0 Å². The normalized spacial score (nSPS) is 13.4. The molecule has 1 saturated heterocycles. The quantitative estimate of drug-likeness (QED) is 0.102. The van der Waals surface area contributed by atoms with Crippen molar-refractivity contribution < 1.29 is 9.31 Å². The lowest BCUT2D eigenvalue weighted by Crippen LogP contribution is -2.41. The van der Waals surface area contributed by atoms with E-state index in [4.69, 9.17) is 9.31 Å². The first-order chi connectivity index (χ1) is 48.4. The Morgan fingerprint density at radius 2 is 0.545 bits per heavy atom. The largest absolute Gasteiger partial charge is 0.494 e. The van der Waals surface area contributed by atoms with E-state index in [9.17, 15) is 0 Å². The summed E-state index contributed by atoms with van der Waals surface area (Å²) in [4.78, 5) is 4.75. The van der Waals surface area contributed by atoms with Gasteiger partial charge in [0, 0.05) is 67.0 Å². The number of nitrogens with zero attached hydrogens (tertiary/aromatic N) is 4. The molecule has 6 nitrogen and oxygen atoms in total. The van der Waals surface area contributed by atoms with Gasteiger partial charge in [0.25, 0.3) is 0 Å². The third kappa shape index (κ3) is 11.1. The van der Waals surface area contributed by atoms with Crippen LogP contribution in [0.1, 0.15) is 38.8 Å². The van der Waals surface area contributed by atoms with E-state index >= 15 is 0 Å². The fourth-order valence-corrected chi connectivity index (χ4v) is 14.7. The highest BCUT2D eigenvalue weighted by molar-refractivity contribution is 6.62. The van der Waals surface area contributed by atoms with Gasteiger partial charge in [-0.1, -0.05) is 200 Å². The molecule has 3 heterocycles. The lowest BCUT2D eigenvalue weighted by atomic mass is 9.78. The SMILES string of the molecule is Cc1ccccc1N(c1ccc(-c2ccc(N(c3ccc(-c4ccc5c(c4)c4cc(-c6ccccc6)ccc4n5-c4ccccc4)cc3)c3ccc(B4OC(C)(C)C(C)(C)O4)cc3C)cc2)cc1)c1ccc(-c2ccc3c(c2)c2cc(-c4ccccc4)ccc2n3-c2ccccc2)cc1. The molecule has 0 aliphatic carbocycles. The van der Waals surface area contributed by atoms with Gasteiger partial charge in [0.1, 0.15) is 0 Å². The highest BCUT2D eigenvalue weighted by Gasteiger charge is 2.51. The number of hydrogen-bond donors (Lipinski definition) is 0. The predicted octanol–water partition coefficient (Wildman–Crippen LogP) is 24.1. The maximum Gasteiger partial charge on any atom is 0.494 e. The Morgan fingerprint density at radius 3 is 0.879 bits per heavy atom. The Morgan fingerprint density at radius 1 is 0.263 bits per heavy atom. The molecule has 99 heavy (non-hydrogen) atoms. The summed E-state index contributed by atoms with van der Waals surface area (Å²) in [6.45, 7) is 12.8. The topological polar surface area (TPSA) is 34.8 Å². The molecule has 1 aliphatic rings. The molecular formula is C92H73BN4O2. The predicted molar refractivity (Wildman–Crippen MR) is 417 cm³/mol. The number of aromatic nitrogens is 2. The molecule has 0 amide bonds. The fraction of sp³-hybridized carbons (Fsp3) is 0.0870. The molecule has 16 aromatic rings. The number of fused-ring (bicyclic) bond motifs is 6. The summed E-state index contributed by atoms with van der Waals surface area (Å²) in [5.74, 6) is 0. The molecule has 1 aliphatic heterocycles. The van der Waals surface area contributed by atoms with Crippen LogP contribution in [-0.4, -0.2) is 27.5 Å². The minimum absolute atomic E-state index is 0.455. The first-order valence-corrected chi connectivity index (χ1v) is 34.3. The lowest BCUT2D eigenvalue weighted by molar-refractivity contribution is 0.00578. The zero-order valence-corrected chi connectivity index (χ0v) is 56.4. The summed E-state index contributed by atoms with van der Waals surface area (Å²) in [5, 5.41) is 4.88. The van der Waals surface area contributed by atoms with E-state index in [1.54, 1.807) is 0 Å². The van der Waals surface area contributed by atoms with Gasteiger partial charge in [-0.25, -0.2) is 0 Å². The Labute approximate surface area is 579 Å². The summed E-state index contributed by atoms with van der Waals surface area (Å²) < 4.78 is 17.9. The molecule has 0 atom stereocenters. The van der Waals surface area contributed by atoms with Gasteiger partial charge in [0.2, 0.25) is 0 Å². The highest BCUT2D eigenvalue weighted by atomic mass is 16.7. The van der Waals surface area contributed by atoms with Gasteiger partial charge in [-0.3, -0.25) is 0 Å². The smallest absolute Gasteiger partial charge is 0.399 e. The van der Waals surface area contributed by atoms with E-state index in [0.29, 0.717) is 0 Å². The second kappa shape index (κ2) is 24.7. The molecule has 0 radical (unpaired) electrons.